The summed E-state index contributed by atoms with van der Waals surface area (Å²) in [6, 6.07) is 10.8. The number of amides is 1. The Bertz CT molecular complexity index is 1010. The summed E-state index contributed by atoms with van der Waals surface area (Å²) in [6.45, 7) is 5.60. The molecule has 2 aliphatic heterocycles. The van der Waals surface area contributed by atoms with Crippen LogP contribution >= 0.6 is 0 Å². The van der Waals surface area contributed by atoms with Crippen LogP contribution in [0.25, 0.3) is 11.1 Å². The number of carbonyl (C=O) groups is 1. The lowest BCUT2D eigenvalue weighted by Crippen LogP contribution is -2.20. The van der Waals surface area contributed by atoms with Crippen molar-refractivity contribution in [2.24, 2.45) is 0 Å². The van der Waals surface area contributed by atoms with E-state index in [1.165, 1.54) is 22.8 Å². The number of anilines is 1. The van der Waals surface area contributed by atoms with Crippen LogP contribution in [0.15, 0.2) is 48.6 Å². The average molecular weight is 406 g/mol. The third kappa shape index (κ3) is 4.53. The molecule has 0 aliphatic carbocycles. The Morgan fingerprint density at radius 1 is 0.967 bits per heavy atom. The highest BCUT2D eigenvalue weighted by Crippen LogP contribution is 2.27. The van der Waals surface area contributed by atoms with Gasteiger partial charge in [0.05, 0.1) is 0 Å². The molecule has 0 saturated heterocycles. The van der Waals surface area contributed by atoms with Crippen molar-refractivity contribution in [3.05, 3.63) is 76.6 Å². The number of hydrogen-bond acceptors (Lipinski definition) is 3. The summed E-state index contributed by atoms with van der Waals surface area (Å²) in [4.78, 5) is 12.7. The maximum atomic E-state index is 14.7. The second-order valence-electron chi connectivity index (χ2n) is 7.74. The van der Waals surface area contributed by atoms with Crippen molar-refractivity contribution in [2.75, 3.05) is 31.5 Å². The van der Waals surface area contributed by atoms with Gasteiger partial charge in [-0.15, -0.1) is 0 Å². The average Bonchev–Trinajstić information content (AvgIpc) is 2.80. The lowest BCUT2D eigenvalue weighted by atomic mass is 9.93. The van der Waals surface area contributed by atoms with Gasteiger partial charge < -0.3 is 16.0 Å². The van der Waals surface area contributed by atoms with E-state index in [2.05, 4.69) is 35.0 Å². The van der Waals surface area contributed by atoms with Crippen molar-refractivity contribution in [3.63, 3.8) is 0 Å². The van der Waals surface area contributed by atoms with Crippen molar-refractivity contribution >= 4 is 22.7 Å². The van der Waals surface area contributed by atoms with Crippen LogP contribution in [0.3, 0.4) is 0 Å². The fraction of sp³-hybridized carbons (Fsp3) is 0.320. The first-order valence-corrected chi connectivity index (χ1v) is 10.7. The van der Waals surface area contributed by atoms with Crippen LogP contribution < -0.4 is 16.0 Å². The Hall–Kier alpha value is -2.76. The van der Waals surface area contributed by atoms with Crippen LogP contribution in [-0.4, -0.2) is 32.1 Å². The predicted octanol–water partition coefficient (Wildman–Crippen LogP) is 4.39. The minimum atomic E-state index is -0.349. The molecule has 0 atom stereocenters. The van der Waals surface area contributed by atoms with Crippen LogP contribution in [-0.2, 0) is 6.42 Å². The van der Waals surface area contributed by atoms with E-state index >= 15 is 0 Å². The Kier molecular flexibility index (Phi) is 6.41. The Labute approximate surface area is 177 Å². The van der Waals surface area contributed by atoms with Crippen LogP contribution in [0.4, 0.5) is 10.1 Å². The van der Waals surface area contributed by atoms with Gasteiger partial charge in [-0.1, -0.05) is 31.2 Å². The molecule has 2 heterocycles. The smallest absolute Gasteiger partial charge is 0.255 e. The van der Waals surface area contributed by atoms with Gasteiger partial charge in [0, 0.05) is 29.9 Å². The first kappa shape index (κ1) is 20.5. The molecule has 156 valence electrons. The summed E-state index contributed by atoms with van der Waals surface area (Å²) < 4.78 is 14.7. The van der Waals surface area contributed by atoms with Gasteiger partial charge >= 0.3 is 0 Å². The van der Waals surface area contributed by atoms with Crippen LogP contribution in [0, 0.1) is 5.82 Å². The highest BCUT2D eigenvalue weighted by Gasteiger charge is 2.15. The van der Waals surface area contributed by atoms with Gasteiger partial charge in [-0.25, -0.2) is 4.39 Å². The zero-order valence-corrected chi connectivity index (χ0v) is 17.4. The van der Waals surface area contributed by atoms with E-state index in [0.29, 0.717) is 11.1 Å². The Balaban J connectivity index is 1.51. The highest BCUT2D eigenvalue weighted by molar-refractivity contribution is 6.04. The van der Waals surface area contributed by atoms with E-state index in [9.17, 15) is 9.18 Å². The van der Waals surface area contributed by atoms with E-state index in [0.717, 1.165) is 56.7 Å². The standard InChI is InChI=1S/C25H28FN3O/c1-2-17-15-21(4-6-22(17)18-7-11-27-12-8-18)29-25(30)20-3-5-23(24(26)16-20)19-9-13-28-14-10-19/h3-7,9,15-16,27-28H,2,8,10-14H2,1H3,(H,29,30). The Morgan fingerprint density at radius 2 is 1.63 bits per heavy atom. The summed E-state index contributed by atoms with van der Waals surface area (Å²) in [6.07, 6.45) is 6.93. The number of nitrogens with one attached hydrogen (secondary N) is 3. The quantitative estimate of drug-likeness (QED) is 0.691. The number of halogens is 1. The van der Waals surface area contributed by atoms with E-state index in [1.54, 1.807) is 12.1 Å². The van der Waals surface area contributed by atoms with Crippen molar-refractivity contribution in [3.8, 4) is 0 Å². The third-order valence-corrected chi connectivity index (χ3v) is 5.80. The van der Waals surface area contributed by atoms with E-state index in [-0.39, 0.29) is 11.7 Å². The van der Waals surface area contributed by atoms with Gasteiger partial charge in [-0.05, 0) is 78.9 Å². The zero-order chi connectivity index (χ0) is 20.9. The van der Waals surface area contributed by atoms with E-state index in [1.807, 2.05) is 18.2 Å². The minimum absolute atomic E-state index is 0.296. The molecular weight excluding hydrogens is 377 g/mol. The van der Waals surface area contributed by atoms with Crippen molar-refractivity contribution in [2.45, 2.75) is 26.2 Å². The zero-order valence-electron chi connectivity index (χ0n) is 17.4. The van der Waals surface area contributed by atoms with Crippen molar-refractivity contribution in [1.29, 1.82) is 0 Å². The molecule has 3 N–H and O–H groups in total. The molecule has 0 fully saturated rings. The highest BCUT2D eigenvalue weighted by atomic mass is 19.1. The molecule has 2 aromatic carbocycles. The fourth-order valence-electron chi connectivity index (χ4n) is 4.13. The summed E-state index contributed by atoms with van der Waals surface area (Å²) in [5.74, 6) is -0.645. The molecule has 0 aromatic heterocycles. The number of rotatable bonds is 5. The number of aryl methyl sites for hydroxylation is 1. The molecule has 4 nitrogen and oxygen atoms in total. The van der Waals surface area contributed by atoms with E-state index in [4.69, 9.17) is 0 Å². The molecule has 0 unspecified atom stereocenters. The molecule has 0 saturated carbocycles. The van der Waals surface area contributed by atoms with E-state index < -0.39 is 0 Å². The summed E-state index contributed by atoms with van der Waals surface area (Å²) in [5.41, 5.74) is 6.46. The summed E-state index contributed by atoms with van der Waals surface area (Å²) >= 11 is 0. The van der Waals surface area contributed by atoms with Gasteiger partial charge in [-0.2, -0.15) is 0 Å². The molecule has 1 amide bonds. The lowest BCUT2D eigenvalue weighted by Gasteiger charge is -2.18. The molecule has 5 heteroatoms. The van der Waals surface area contributed by atoms with Crippen LogP contribution in [0.1, 0.15) is 46.8 Å². The van der Waals surface area contributed by atoms with Gasteiger partial charge in [0.15, 0.2) is 0 Å². The first-order valence-electron chi connectivity index (χ1n) is 10.7. The second-order valence-corrected chi connectivity index (χ2v) is 7.74. The van der Waals surface area contributed by atoms with Gasteiger partial charge in [0.25, 0.3) is 5.91 Å². The number of benzene rings is 2. The van der Waals surface area contributed by atoms with Crippen molar-refractivity contribution in [1.82, 2.24) is 10.6 Å². The summed E-state index contributed by atoms with van der Waals surface area (Å²) in [5, 5.41) is 9.49. The first-order chi connectivity index (χ1) is 14.7. The van der Waals surface area contributed by atoms with Crippen LogP contribution in [0.5, 0.6) is 0 Å². The monoisotopic (exact) mass is 405 g/mol. The predicted molar refractivity (Wildman–Crippen MR) is 121 cm³/mol. The molecule has 0 spiro atoms. The molecule has 2 aliphatic rings. The number of carbonyl (C=O) groups excluding carboxylic acids is 1. The SMILES string of the molecule is CCc1cc(NC(=O)c2ccc(C3=CCNCC3)c(F)c2)ccc1C1=CCNCC1. The summed E-state index contributed by atoms with van der Waals surface area (Å²) in [7, 11) is 0. The topological polar surface area (TPSA) is 53.2 Å². The maximum Gasteiger partial charge on any atom is 0.255 e. The lowest BCUT2D eigenvalue weighted by molar-refractivity contribution is 0.102. The second kappa shape index (κ2) is 9.37. The largest absolute Gasteiger partial charge is 0.322 e. The van der Waals surface area contributed by atoms with Crippen LogP contribution in [0.2, 0.25) is 0 Å². The normalized spacial score (nSPS) is 16.6. The molecule has 0 radical (unpaired) electrons. The fourth-order valence-corrected chi connectivity index (χ4v) is 4.13. The molecule has 0 bridgehead atoms. The molecule has 30 heavy (non-hydrogen) atoms. The Morgan fingerprint density at radius 3 is 2.23 bits per heavy atom. The number of hydrogen-bond donors (Lipinski definition) is 3. The van der Waals surface area contributed by atoms with Crippen molar-refractivity contribution < 1.29 is 9.18 Å². The third-order valence-electron chi connectivity index (χ3n) is 5.80. The maximum absolute atomic E-state index is 14.7. The molecule has 2 aromatic rings. The molecular formula is C25H28FN3O. The minimum Gasteiger partial charge on any atom is -0.322 e. The molecule has 4 rings (SSSR count). The van der Waals surface area contributed by atoms with Gasteiger partial charge in [-0.3, -0.25) is 4.79 Å². The van der Waals surface area contributed by atoms with Gasteiger partial charge in [0.1, 0.15) is 5.82 Å². The van der Waals surface area contributed by atoms with Gasteiger partial charge in [0.2, 0.25) is 0 Å².